The Bertz CT molecular complexity index is 649. The summed E-state index contributed by atoms with van der Waals surface area (Å²) in [6, 6.07) is 10.9. The fourth-order valence-corrected chi connectivity index (χ4v) is 3.27. The maximum Gasteiger partial charge on any atom is 0.0492 e. The zero-order valence-corrected chi connectivity index (χ0v) is 12.9. The predicted octanol–water partition coefficient (Wildman–Crippen LogP) is 3.63. The second kappa shape index (κ2) is 5.86. The predicted molar refractivity (Wildman–Crippen MR) is 88.0 cm³/mol. The summed E-state index contributed by atoms with van der Waals surface area (Å²) in [7, 11) is 0. The van der Waals surface area contributed by atoms with E-state index in [4.69, 9.17) is 5.73 Å². The molecule has 110 valence electrons. The number of hydrogen-bond donors (Lipinski definition) is 1. The number of hydrogen-bond acceptors (Lipinski definition) is 3. The van der Waals surface area contributed by atoms with Gasteiger partial charge in [0.05, 0.1) is 0 Å². The van der Waals surface area contributed by atoms with E-state index in [0.717, 1.165) is 29.9 Å². The lowest BCUT2D eigenvalue weighted by Gasteiger charge is -2.28. The summed E-state index contributed by atoms with van der Waals surface area (Å²) in [6.07, 6.45) is 3.61. The summed E-state index contributed by atoms with van der Waals surface area (Å²) in [5, 5.41) is 0. The lowest BCUT2D eigenvalue weighted by atomic mass is 10.1. The van der Waals surface area contributed by atoms with Crippen molar-refractivity contribution < 1.29 is 0 Å². The van der Waals surface area contributed by atoms with Crippen LogP contribution in [0, 0.1) is 13.8 Å². The number of pyridine rings is 1. The van der Waals surface area contributed by atoms with Gasteiger partial charge in [-0.05, 0) is 50.8 Å². The first-order valence-electron chi connectivity index (χ1n) is 7.73. The molecule has 0 radical (unpaired) electrons. The number of benzene rings is 1. The number of anilines is 2. The molecule has 0 amide bonds. The maximum absolute atomic E-state index is 6.00. The van der Waals surface area contributed by atoms with E-state index in [0.29, 0.717) is 6.54 Å². The third kappa shape index (κ3) is 2.66. The Morgan fingerprint density at radius 2 is 1.95 bits per heavy atom. The summed E-state index contributed by atoms with van der Waals surface area (Å²) >= 11 is 0. The summed E-state index contributed by atoms with van der Waals surface area (Å²) < 4.78 is 0. The van der Waals surface area contributed by atoms with Gasteiger partial charge in [-0.2, -0.15) is 0 Å². The van der Waals surface area contributed by atoms with E-state index in [2.05, 4.69) is 54.1 Å². The van der Waals surface area contributed by atoms with Crippen LogP contribution in [0.25, 0.3) is 0 Å². The van der Waals surface area contributed by atoms with Crippen LogP contribution in [-0.4, -0.2) is 11.5 Å². The van der Waals surface area contributed by atoms with Crippen LogP contribution in [0.3, 0.4) is 0 Å². The molecular formula is C18H23N3. The SMILES string of the molecule is Cc1cc(N2CCCCc3ccccc32)c(CN)c(C)n1. The molecule has 0 bridgehead atoms. The van der Waals surface area contributed by atoms with Gasteiger partial charge in [-0.1, -0.05) is 18.2 Å². The van der Waals surface area contributed by atoms with Gasteiger partial charge in [-0.3, -0.25) is 4.98 Å². The normalized spacial score (nSPS) is 14.7. The second-order valence-electron chi connectivity index (χ2n) is 5.79. The first-order chi connectivity index (χ1) is 10.2. The van der Waals surface area contributed by atoms with Gasteiger partial charge in [0, 0.05) is 41.4 Å². The molecule has 0 spiro atoms. The Kier molecular flexibility index (Phi) is 3.93. The van der Waals surface area contributed by atoms with Crippen LogP contribution in [0.5, 0.6) is 0 Å². The van der Waals surface area contributed by atoms with Crippen molar-refractivity contribution in [1.29, 1.82) is 0 Å². The van der Waals surface area contributed by atoms with Crippen molar-refractivity contribution >= 4 is 11.4 Å². The smallest absolute Gasteiger partial charge is 0.0492 e. The molecule has 2 aromatic rings. The van der Waals surface area contributed by atoms with Crippen molar-refractivity contribution in [2.75, 3.05) is 11.4 Å². The van der Waals surface area contributed by atoms with Gasteiger partial charge in [-0.15, -0.1) is 0 Å². The largest absolute Gasteiger partial charge is 0.341 e. The Labute approximate surface area is 126 Å². The number of aromatic nitrogens is 1. The molecule has 2 N–H and O–H groups in total. The van der Waals surface area contributed by atoms with Crippen molar-refractivity contribution in [3.63, 3.8) is 0 Å². The molecule has 1 aliphatic rings. The molecule has 0 saturated carbocycles. The van der Waals surface area contributed by atoms with Gasteiger partial charge in [0.15, 0.2) is 0 Å². The van der Waals surface area contributed by atoms with E-state index in [1.165, 1.54) is 29.8 Å². The van der Waals surface area contributed by atoms with E-state index in [1.54, 1.807) is 0 Å². The number of fused-ring (bicyclic) bond motifs is 1. The highest BCUT2D eigenvalue weighted by molar-refractivity contribution is 5.70. The second-order valence-corrected chi connectivity index (χ2v) is 5.79. The quantitative estimate of drug-likeness (QED) is 0.914. The monoisotopic (exact) mass is 281 g/mol. The van der Waals surface area contributed by atoms with Crippen LogP contribution in [0.15, 0.2) is 30.3 Å². The van der Waals surface area contributed by atoms with Gasteiger partial charge >= 0.3 is 0 Å². The molecule has 0 unspecified atom stereocenters. The minimum Gasteiger partial charge on any atom is -0.341 e. The van der Waals surface area contributed by atoms with Crippen molar-refractivity contribution in [2.24, 2.45) is 5.73 Å². The van der Waals surface area contributed by atoms with Crippen LogP contribution in [0.2, 0.25) is 0 Å². The number of rotatable bonds is 2. The van der Waals surface area contributed by atoms with Crippen LogP contribution < -0.4 is 10.6 Å². The molecule has 21 heavy (non-hydrogen) atoms. The summed E-state index contributed by atoms with van der Waals surface area (Å²) in [6.45, 7) is 5.70. The topological polar surface area (TPSA) is 42.1 Å². The standard InChI is InChI=1S/C18H23N3/c1-13-11-18(16(12-19)14(2)20-13)21-10-6-5-8-15-7-3-4-9-17(15)21/h3-4,7,9,11H,5-6,8,10,12,19H2,1-2H3. The molecule has 3 rings (SSSR count). The van der Waals surface area contributed by atoms with E-state index >= 15 is 0 Å². The molecule has 0 saturated heterocycles. The summed E-state index contributed by atoms with van der Waals surface area (Å²) in [4.78, 5) is 7.01. The maximum atomic E-state index is 6.00. The fraction of sp³-hybridized carbons (Fsp3) is 0.389. The highest BCUT2D eigenvalue weighted by atomic mass is 15.1. The van der Waals surface area contributed by atoms with E-state index < -0.39 is 0 Å². The van der Waals surface area contributed by atoms with Crippen molar-refractivity contribution in [3.05, 3.63) is 52.8 Å². The molecule has 0 aliphatic carbocycles. The minimum absolute atomic E-state index is 0.535. The molecule has 1 aromatic carbocycles. The number of nitrogens with zero attached hydrogens (tertiary/aromatic N) is 2. The highest BCUT2D eigenvalue weighted by Crippen LogP contribution is 2.35. The van der Waals surface area contributed by atoms with Gasteiger partial charge in [0.2, 0.25) is 0 Å². The minimum atomic E-state index is 0.535. The Morgan fingerprint density at radius 3 is 2.76 bits per heavy atom. The van der Waals surface area contributed by atoms with E-state index in [1.807, 2.05) is 0 Å². The average Bonchev–Trinajstić information content (AvgIpc) is 2.68. The van der Waals surface area contributed by atoms with Crippen molar-refractivity contribution in [1.82, 2.24) is 4.98 Å². The fourth-order valence-electron chi connectivity index (χ4n) is 3.27. The van der Waals surface area contributed by atoms with Crippen LogP contribution in [0.1, 0.15) is 35.4 Å². The number of nitrogens with two attached hydrogens (primary N) is 1. The van der Waals surface area contributed by atoms with Gasteiger partial charge in [0.1, 0.15) is 0 Å². The lowest BCUT2D eigenvalue weighted by Crippen LogP contribution is -2.21. The summed E-state index contributed by atoms with van der Waals surface area (Å²) in [5.41, 5.74) is 13.3. The number of aryl methyl sites for hydroxylation is 3. The molecule has 1 aliphatic heterocycles. The van der Waals surface area contributed by atoms with E-state index in [9.17, 15) is 0 Å². The zero-order chi connectivity index (χ0) is 14.8. The lowest BCUT2D eigenvalue weighted by molar-refractivity contribution is 0.758. The Hall–Kier alpha value is -1.87. The van der Waals surface area contributed by atoms with Crippen molar-refractivity contribution in [3.8, 4) is 0 Å². The third-order valence-electron chi connectivity index (χ3n) is 4.29. The molecule has 0 fully saturated rings. The molecule has 1 aromatic heterocycles. The Morgan fingerprint density at radius 1 is 1.14 bits per heavy atom. The van der Waals surface area contributed by atoms with Crippen molar-refractivity contribution in [2.45, 2.75) is 39.7 Å². The first kappa shape index (κ1) is 14.1. The Balaban J connectivity index is 2.16. The van der Waals surface area contributed by atoms with Gasteiger partial charge in [-0.25, -0.2) is 0 Å². The highest BCUT2D eigenvalue weighted by Gasteiger charge is 2.20. The molecule has 3 nitrogen and oxygen atoms in total. The summed E-state index contributed by atoms with van der Waals surface area (Å²) in [5.74, 6) is 0. The average molecular weight is 281 g/mol. The molecular weight excluding hydrogens is 258 g/mol. The third-order valence-corrected chi connectivity index (χ3v) is 4.29. The van der Waals surface area contributed by atoms with E-state index in [-0.39, 0.29) is 0 Å². The van der Waals surface area contributed by atoms with Crippen LogP contribution >= 0.6 is 0 Å². The molecule has 0 atom stereocenters. The number of para-hydroxylation sites is 1. The first-order valence-corrected chi connectivity index (χ1v) is 7.73. The van der Waals surface area contributed by atoms with Gasteiger partial charge < -0.3 is 10.6 Å². The molecule has 2 heterocycles. The van der Waals surface area contributed by atoms with Crippen LogP contribution in [-0.2, 0) is 13.0 Å². The van der Waals surface area contributed by atoms with Gasteiger partial charge in [0.25, 0.3) is 0 Å². The zero-order valence-electron chi connectivity index (χ0n) is 12.9. The van der Waals surface area contributed by atoms with Crippen LogP contribution in [0.4, 0.5) is 11.4 Å². The molecule has 3 heteroatoms.